The van der Waals surface area contributed by atoms with Crippen molar-refractivity contribution in [3.63, 3.8) is 0 Å². The molecule has 0 spiro atoms. The smallest absolute Gasteiger partial charge is 0.301 e. The van der Waals surface area contributed by atoms with Crippen LogP contribution in [0.1, 0.15) is 54.5 Å². The summed E-state index contributed by atoms with van der Waals surface area (Å²) in [5.74, 6) is -1.59. The van der Waals surface area contributed by atoms with Crippen LogP contribution in [0.5, 0.6) is 11.5 Å². The van der Waals surface area contributed by atoms with Crippen LogP contribution in [-0.4, -0.2) is 35.5 Å². The van der Waals surface area contributed by atoms with E-state index < -0.39 is 29.3 Å². The first-order valence-corrected chi connectivity index (χ1v) is 14.3. The standard InChI is InChI=1S/C32H31FN2O5S/c1-5-6-7-14-40-23-13-10-21(17-24(23)39-4)28-26(29(36)20-8-11-22(33)12-9-20)30(37)31(38)35(28)32-34-27-19(3)15-18(2)16-25(27)41-32/h8-13,15-17,28,36H,5-7,14H2,1-4H3/b29-26+. The SMILES string of the molecule is CCCCCOc1ccc(C2/C(=C(\O)c3ccc(F)cc3)C(=O)C(=O)N2c2nc3c(C)cc(C)cc3s2)cc1OC. The molecular weight excluding hydrogens is 543 g/mol. The Labute approximate surface area is 241 Å². The van der Waals surface area contributed by atoms with Gasteiger partial charge in [-0.3, -0.25) is 14.5 Å². The molecule has 0 bridgehead atoms. The molecule has 1 amide bonds. The lowest BCUT2D eigenvalue weighted by Crippen LogP contribution is -2.29. The quantitative estimate of drug-likeness (QED) is 0.0980. The molecule has 0 radical (unpaired) electrons. The molecule has 7 nitrogen and oxygen atoms in total. The van der Waals surface area contributed by atoms with Gasteiger partial charge < -0.3 is 14.6 Å². The molecule has 0 aliphatic carbocycles. The summed E-state index contributed by atoms with van der Waals surface area (Å²) in [6.07, 6.45) is 3.01. The first-order chi connectivity index (χ1) is 19.7. The summed E-state index contributed by atoms with van der Waals surface area (Å²) in [5, 5.41) is 11.7. The van der Waals surface area contributed by atoms with Gasteiger partial charge >= 0.3 is 5.91 Å². The molecule has 1 fully saturated rings. The second kappa shape index (κ2) is 11.7. The molecule has 9 heteroatoms. The number of halogens is 1. The van der Waals surface area contributed by atoms with Crippen molar-refractivity contribution in [1.29, 1.82) is 0 Å². The highest BCUT2D eigenvalue weighted by Gasteiger charge is 2.48. The molecule has 4 aromatic rings. The van der Waals surface area contributed by atoms with E-state index in [0.717, 1.165) is 40.6 Å². The summed E-state index contributed by atoms with van der Waals surface area (Å²) >= 11 is 1.30. The summed E-state index contributed by atoms with van der Waals surface area (Å²) in [6.45, 7) is 6.57. The number of Topliss-reactive ketones (excluding diaryl/α,β-unsaturated/α-hetero) is 1. The van der Waals surface area contributed by atoms with Gasteiger partial charge in [0.15, 0.2) is 16.6 Å². The monoisotopic (exact) mass is 574 g/mol. The van der Waals surface area contributed by atoms with Crippen LogP contribution in [-0.2, 0) is 9.59 Å². The van der Waals surface area contributed by atoms with Crippen LogP contribution in [0.2, 0.25) is 0 Å². The molecule has 1 aliphatic rings. The van der Waals surface area contributed by atoms with E-state index in [1.54, 1.807) is 18.2 Å². The minimum absolute atomic E-state index is 0.118. The van der Waals surface area contributed by atoms with Gasteiger partial charge in [-0.1, -0.05) is 43.2 Å². The van der Waals surface area contributed by atoms with Crippen LogP contribution < -0.4 is 14.4 Å². The number of carbonyl (C=O) groups is 2. The van der Waals surface area contributed by atoms with Gasteiger partial charge in [-0.15, -0.1) is 0 Å². The Morgan fingerprint density at radius 3 is 2.51 bits per heavy atom. The van der Waals surface area contributed by atoms with Crippen LogP contribution in [0, 0.1) is 19.7 Å². The number of aromatic nitrogens is 1. The van der Waals surface area contributed by atoms with Gasteiger partial charge in [0.2, 0.25) is 0 Å². The molecule has 212 valence electrons. The van der Waals surface area contributed by atoms with Crippen LogP contribution in [0.25, 0.3) is 16.0 Å². The summed E-state index contributed by atoms with van der Waals surface area (Å²) in [5.41, 5.74) is 3.37. The maximum atomic E-state index is 13.6. The lowest BCUT2D eigenvalue weighted by Gasteiger charge is -2.24. The number of fused-ring (bicyclic) bond motifs is 1. The van der Waals surface area contributed by atoms with Crippen molar-refractivity contribution in [1.82, 2.24) is 4.98 Å². The number of ketones is 1. The number of aryl methyl sites for hydroxylation is 2. The number of thiazole rings is 1. The summed E-state index contributed by atoms with van der Waals surface area (Å²) in [7, 11) is 1.52. The normalized spacial score (nSPS) is 16.5. The molecule has 0 saturated carbocycles. The van der Waals surface area contributed by atoms with Gasteiger partial charge in [0, 0.05) is 5.56 Å². The number of hydrogen-bond acceptors (Lipinski definition) is 7. The van der Waals surface area contributed by atoms with Crippen molar-refractivity contribution in [2.75, 3.05) is 18.6 Å². The zero-order valence-corrected chi connectivity index (χ0v) is 24.2. The molecule has 1 saturated heterocycles. The minimum Gasteiger partial charge on any atom is -0.507 e. The number of amides is 1. The summed E-state index contributed by atoms with van der Waals surface area (Å²) in [4.78, 5) is 33.3. The van der Waals surface area contributed by atoms with Crippen molar-refractivity contribution in [2.24, 2.45) is 0 Å². The minimum atomic E-state index is -1.01. The fourth-order valence-electron chi connectivity index (χ4n) is 5.08. The fraction of sp³-hybridized carbons (Fsp3) is 0.281. The van der Waals surface area contributed by atoms with E-state index in [4.69, 9.17) is 14.5 Å². The number of rotatable bonds is 9. The average molecular weight is 575 g/mol. The number of aliphatic hydroxyl groups is 1. The Hall–Kier alpha value is -4.24. The highest BCUT2D eigenvalue weighted by Crippen LogP contribution is 2.46. The Kier molecular flexibility index (Phi) is 8.08. The molecule has 1 unspecified atom stereocenters. The van der Waals surface area contributed by atoms with Crippen LogP contribution in [0.15, 0.2) is 60.2 Å². The molecule has 1 atom stereocenters. The largest absolute Gasteiger partial charge is 0.507 e. The lowest BCUT2D eigenvalue weighted by atomic mass is 9.95. The number of aliphatic hydroxyl groups excluding tert-OH is 1. The Balaban J connectivity index is 1.67. The van der Waals surface area contributed by atoms with Gasteiger partial charge in [-0.05, 0) is 79.4 Å². The Morgan fingerprint density at radius 1 is 1.05 bits per heavy atom. The van der Waals surface area contributed by atoms with Crippen LogP contribution in [0.4, 0.5) is 9.52 Å². The lowest BCUT2D eigenvalue weighted by molar-refractivity contribution is -0.132. The Bertz CT molecular complexity index is 1660. The molecule has 1 aromatic heterocycles. The maximum Gasteiger partial charge on any atom is 0.301 e. The number of anilines is 1. The van der Waals surface area contributed by atoms with Crippen molar-refractivity contribution in [3.05, 3.63) is 88.2 Å². The number of ether oxygens (including phenoxy) is 2. The first-order valence-electron chi connectivity index (χ1n) is 13.5. The van der Waals surface area contributed by atoms with Crippen molar-refractivity contribution < 1.29 is 28.6 Å². The number of benzene rings is 3. The van der Waals surface area contributed by atoms with Gasteiger partial charge in [-0.25, -0.2) is 9.37 Å². The van der Waals surface area contributed by atoms with Crippen molar-refractivity contribution in [3.8, 4) is 11.5 Å². The van der Waals surface area contributed by atoms with Crippen molar-refractivity contribution >= 4 is 44.1 Å². The Morgan fingerprint density at radius 2 is 1.80 bits per heavy atom. The molecule has 5 rings (SSSR count). The molecule has 1 aliphatic heterocycles. The number of nitrogens with zero attached hydrogens (tertiary/aromatic N) is 2. The molecule has 1 N–H and O–H groups in total. The van der Waals surface area contributed by atoms with E-state index >= 15 is 0 Å². The first kappa shape index (κ1) is 28.3. The summed E-state index contributed by atoms with van der Waals surface area (Å²) in [6, 6.07) is 13.3. The molecule has 2 heterocycles. The second-order valence-corrected chi connectivity index (χ2v) is 11.1. The summed E-state index contributed by atoms with van der Waals surface area (Å²) < 4.78 is 26.1. The van der Waals surface area contributed by atoms with E-state index in [-0.39, 0.29) is 11.1 Å². The van der Waals surface area contributed by atoms with Crippen LogP contribution in [0.3, 0.4) is 0 Å². The average Bonchev–Trinajstić information content (AvgIpc) is 3.49. The van der Waals surface area contributed by atoms with Gasteiger partial charge in [0.05, 0.1) is 35.5 Å². The molecule has 41 heavy (non-hydrogen) atoms. The number of unbranched alkanes of at least 4 members (excludes halogenated alkanes) is 2. The predicted octanol–water partition coefficient (Wildman–Crippen LogP) is 7.26. The van der Waals surface area contributed by atoms with Gasteiger partial charge in [0.1, 0.15) is 11.6 Å². The molecular formula is C32H31FN2O5S. The van der Waals surface area contributed by atoms with Crippen LogP contribution >= 0.6 is 11.3 Å². The second-order valence-electron chi connectivity index (χ2n) is 10.1. The topological polar surface area (TPSA) is 89.0 Å². The van der Waals surface area contributed by atoms with Gasteiger partial charge in [0.25, 0.3) is 5.78 Å². The zero-order chi connectivity index (χ0) is 29.3. The number of hydrogen-bond donors (Lipinski definition) is 1. The predicted molar refractivity (Wildman–Crippen MR) is 158 cm³/mol. The molecule has 3 aromatic carbocycles. The third-order valence-electron chi connectivity index (χ3n) is 7.10. The van der Waals surface area contributed by atoms with E-state index in [1.165, 1.54) is 47.6 Å². The van der Waals surface area contributed by atoms with E-state index in [2.05, 4.69) is 6.92 Å². The van der Waals surface area contributed by atoms with Crippen molar-refractivity contribution in [2.45, 2.75) is 46.1 Å². The van der Waals surface area contributed by atoms with E-state index in [0.29, 0.717) is 28.8 Å². The number of methoxy groups -OCH3 is 1. The third kappa shape index (κ3) is 5.41. The highest BCUT2D eigenvalue weighted by atomic mass is 32.1. The fourth-order valence-corrected chi connectivity index (χ4v) is 6.25. The van der Waals surface area contributed by atoms with E-state index in [1.807, 2.05) is 26.0 Å². The zero-order valence-electron chi connectivity index (χ0n) is 23.4. The maximum absolute atomic E-state index is 13.6. The highest BCUT2D eigenvalue weighted by molar-refractivity contribution is 7.22. The number of carbonyl (C=O) groups excluding carboxylic acids is 2. The van der Waals surface area contributed by atoms with Gasteiger partial charge in [-0.2, -0.15) is 0 Å². The van der Waals surface area contributed by atoms with E-state index in [9.17, 15) is 19.1 Å². The third-order valence-corrected chi connectivity index (χ3v) is 8.10.